The molecule has 0 bridgehead atoms. The predicted molar refractivity (Wildman–Crippen MR) is 80.5 cm³/mol. The lowest BCUT2D eigenvalue weighted by Gasteiger charge is -2.20. The third-order valence-electron chi connectivity index (χ3n) is 3.69. The molecule has 0 saturated heterocycles. The van der Waals surface area contributed by atoms with Gasteiger partial charge in [0.2, 0.25) is 0 Å². The second-order valence-electron chi connectivity index (χ2n) is 4.70. The lowest BCUT2D eigenvalue weighted by atomic mass is 9.83. The van der Waals surface area contributed by atoms with Crippen LogP contribution in [-0.4, -0.2) is 5.78 Å². The van der Waals surface area contributed by atoms with Crippen LogP contribution in [0.1, 0.15) is 15.9 Å². The maximum atomic E-state index is 12.6. The number of fused-ring (bicyclic) bond motifs is 2. The lowest BCUT2D eigenvalue weighted by Crippen LogP contribution is -2.09. The summed E-state index contributed by atoms with van der Waals surface area (Å²) in [4.78, 5) is 12.6. The standard InChI is InChI=1S/C17H9BrO/c18-15-9-8-14-16-11(6-3-7-13(15)16)10-4-1-2-5-12(10)17(14)19/h1-9H. The number of hydrogen-bond acceptors (Lipinski definition) is 1. The van der Waals surface area contributed by atoms with E-state index in [0.717, 1.165) is 37.5 Å². The summed E-state index contributed by atoms with van der Waals surface area (Å²) >= 11 is 3.57. The van der Waals surface area contributed by atoms with Crippen molar-refractivity contribution in [1.29, 1.82) is 0 Å². The Morgan fingerprint density at radius 3 is 2.26 bits per heavy atom. The first kappa shape index (κ1) is 10.9. The Hall–Kier alpha value is -1.93. The van der Waals surface area contributed by atoms with Crippen LogP contribution < -0.4 is 0 Å². The fraction of sp³-hybridized carbons (Fsp3) is 0. The van der Waals surface area contributed by atoms with E-state index >= 15 is 0 Å². The van der Waals surface area contributed by atoms with Gasteiger partial charge >= 0.3 is 0 Å². The first-order valence-corrected chi connectivity index (χ1v) is 6.92. The fourth-order valence-electron chi connectivity index (χ4n) is 2.85. The zero-order chi connectivity index (χ0) is 13.0. The molecule has 0 N–H and O–H groups in total. The molecule has 1 aliphatic rings. The van der Waals surface area contributed by atoms with E-state index in [1.165, 1.54) is 0 Å². The Labute approximate surface area is 119 Å². The van der Waals surface area contributed by atoms with Crippen molar-refractivity contribution < 1.29 is 4.79 Å². The van der Waals surface area contributed by atoms with Gasteiger partial charge in [-0.15, -0.1) is 0 Å². The van der Waals surface area contributed by atoms with Gasteiger partial charge in [-0.05, 0) is 28.6 Å². The van der Waals surface area contributed by atoms with Crippen molar-refractivity contribution in [2.45, 2.75) is 0 Å². The van der Waals surface area contributed by atoms with E-state index in [4.69, 9.17) is 0 Å². The van der Waals surface area contributed by atoms with Crippen LogP contribution in [0.4, 0.5) is 0 Å². The van der Waals surface area contributed by atoms with Crippen LogP contribution >= 0.6 is 15.9 Å². The predicted octanol–water partition coefficient (Wildman–Crippen LogP) is 4.81. The van der Waals surface area contributed by atoms with Crippen molar-refractivity contribution in [2.75, 3.05) is 0 Å². The van der Waals surface area contributed by atoms with Gasteiger partial charge in [0.1, 0.15) is 0 Å². The van der Waals surface area contributed by atoms with E-state index in [0.29, 0.717) is 0 Å². The number of carbonyl (C=O) groups is 1. The lowest BCUT2D eigenvalue weighted by molar-refractivity contribution is 0.104. The van der Waals surface area contributed by atoms with E-state index < -0.39 is 0 Å². The molecule has 0 aliphatic heterocycles. The quantitative estimate of drug-likeness (QED) is 0.455. The second-order valence-corrected chi connectivity index (χ2v) is 5.55. The van der Waals surface area contributed by atoms with Crippen molar-refractivity contribution >= 4 is 32.5 Å². The fourth-order valence-corrected chi connectivity index (χ4v) is 3.31. The van der Waals surface area contributed by atoms with Gasteiger partial charge in [-0.25, -0.2) is 0 Å². The van der Waals surface area contributed by atoms with Crippen LogP contribution in [0.2, 0.25) is 0 Å². The highest BCUT2D eigenvalue weighted by Gasteiger charge is 2.24. The highest BCUT2D eigenvalue weighted by atomic mass is 79.9. The number of ketones is 1. The van der Waals surface area contributed by atoms with Crippen LogP contribution in [0.3, 0.4) is 0 Å². The van der Waals surface area contributed by atoms with E-state index in [1.807, 2.05) is 48.5 Å². The normalized spacial score (nSPS) is 12.6. The third-order valence-corrected chi connectivity index (χ3v) is 4.39. The topological polar surface area (TPSA) is 17.1 Å². The van der Waals surface area contributed by atoms with Gasteiger partial charge in [0.15, 0.2) is 5.78 Å². The van der Waals surface area contributed by atoms with Gasteiger partial charge < -0.3 is 0 Å². The van der Waals surface area contributed by atoms with Gasteiger partial charge in [0.25, 0.3) is 0 Å². The van der Waals surface area contributed by atoms with Crippen LogP contribution in [0.15, 0.2) is 59.1 Å². The molecule has 19 heavy (non-hydrogen) atoms. The summed E-state index contributed by atoms with van der Waals surface area (Å²) in [5, 5.41) is 2.15. The second kappa shape index (κ2) is 3.78. The first-order valence-electron chi connectivity index (χ1n) is 6.13. The molecule has 0 aromatic heterocycles. The minimum absolute atomic E-state index is 0.117. The Balaban J connectivity index is 2.28. The molecule has 0 radical (unpaired) electrons. The van der Waals surface area contributed by atoms with Crippen LogP contribution in [0, 0.1) is 0 Å². The molecule has 3 aromatic rings. The summed E-state index contributed by atoms with van der Waals surface area (Å²) in [5.74, 6) is 0.117. The summed E-state index contributed by atoms with van der Waals surface area (Å²) in [6.07, 6.45) is 0. The number of hydrogen-bond donors (Lipinski definition) is 0. The van der Waals surface area contributed by atoms with E-state index in [2.05, 4.69) is 22.0 Å². The van der Waals surface area contributed by atoms with Crippen LogP contribution in [0.5, 0.6) is 0 Å². The van der Waals surface area contributed by atoms with Gasteiger partial charge in [0, 0.05) is 21.0 Å². The Bertz CT molecular complexity index is 849. The molecule has 1 aliphatic carbocycles. The maximum Gasteiger partial charge on any atom is 0.194 e. The van der Waals surface area contributed by atoms with Gasteiger partial charge in [-0.1, -0.05) is 58.4 Å². The van der Waals surface area contributed by atoms with Gasteiger partial charge in [-0.2, -0.15) is 0 Å². The molecule has 0 atom stereocenters. The average Bonchev–Trinajstić information content (AvgIpc) is 2.46. The Kier molecular flexibility index (Phi) is 2.18. The van der Waals surface area contributed by atoms with Gasteiger partial charge in [0.05, 0.1) is 0 Å². The third kappa shape index (κ3) is 1.38. The van der Waals surface area contributed by atoms with Crippen molar-refractivity contribution in [1.82, 2.24) is 0 Å². The minimum Gasteiger partial charge on any atom is -0.289 e. The van der Waals surface area contributed by atoms with Crippen molar-refractivity contribution in [2.24, 2.45) is 0 Å². The number of rotatable bonds is 0. The molecular weight excluding hydrogens is 300 g/mol. The molecule has 0 unspecified atom stereocenters. The average molecular weight is 309 g/mol. The maximum absolute atomic E-state index is 12.6. The van der Waals surface area contributed by atoms with Crippen molar-refractivity contribution in [3.8, 4) is 11.1 Å². The SMILES string of the molecule is O=C1c2ccccc2-c2cccc3c(Br)ccc1c23. The number of benzene rings is 3. The summed E-state index contributed by atoms with van der Waals surface area (Å²) < 4.78 is 1.03. The molecule has 0 heterocycles. The number of halogens is 1. The monoisotopic (exact) mass is 308 g/mol. The van der Waals surface area contributed by atoms with E-state index in [1.54, 1.807) is 0 Å². The summed E-state index contributed by atoms with van der Waals surface area (Å²) in [6, 6.07) is 17.9. The Morgan fingerprint density at radius 1 is 0.684 bits per heavy atom. The van der Waals surface area contributed by atoms with Gasteiger partial charge in [-0.3, -0.25) is 4.79 Å². The molecule has 2 heteroatoms. The first-order chi connectivity index (χ1) is 9.27. The highest BCUT2D eigenvalue weighted by molar-refractivity contribution is 9.10. The summed E-state index contributed by atoms with van der Waals surface area (Å²) in [6.45, 7) is 0. The van der Waals surface area contributed by atoms with Crippen molar-refractivity contribution in [3.63, 3.8) is 0 Å². The smallest absolute Gasteiger partial charge is 0.194 e. The zero-order valence-corrected chi connectivity index (χ0v) is 11.6. The number of carbonyl (C=O) groups excluding carboxylic acids is 1. The van der Waals surface area contributed by atoms with E-state index in [9.17, 15) is 4.79 Å². The van der Waals surface area contributed by atoms with Crippen LogP contribution in [0.25, 0.3) is 21.9 Å². The molecule has 0 spiro atoms. The van der Waals surface area contributed by atoms with Crippen molar-refractivity contribution in [3.05, 3.63) is 70.2 Å². The highest BCUT2D eigenvalue weighted by Crippen LogP contribution is 2.41. The zero-order valence-electron chi connectivity index (χ0n) is 9.98. The molecule has 90 valence electrons. The Morgan fingerprint density at radius 2 is 1.42 bits per heavy atom. The molecule has 0 fully saturated rings. The summed E-state index contributed by atoms with van der Waals surface area (Å²) in [5.41, 5.74) is 3.77. The summed E-state index contributed by atoms with van der Waals surface area (Å²) in [7, 11) is 0. The largest absolute Gasteiger partial charge is 0.289 e. The van der Waals surface area contributed by atoms with Crippen LogP contribution in [-0.2, 0) is 0 Å². The molecule has 3 aromatic carbocycles. The molecule has 0 amide bonds. The molecular formula is C17H9BrO. The molecule has 4 rings (SSSR count). The van der Waals surface area contributed by atoms with E-state index in [-0.39, 0.29) is 5.78 Å². The molecule has 0 saturated carbocycles. The minimum atomic E-state index is 0.117. The molecule has 1 nitrogen and oxygen atoms in total.